The van der Waals surface area contributed by atoms with Crippen molar-refractivity contribution in [1.82, 2.24) is 0 Å². The maximum absolute atomic E-state index is 6.04. The van der Waals surface area contributed by atoms with Gasteiger partial charge >= 0.3 is 0 Å². The van der Waals surface area contributed by atoms with E-state index in [-0.39, 0.29) is 0 Å². The molecule has 130 valence electrons. The Bertz CT molecular complexity index is 1190. The molecule has 0 aliphatic rings. The van der Waals surface area contributed by atoms with E-state index >= 15 is 0 Å². The highest BCUT2D eigenvalue weighted by Crippen LogP contribution is 2.36. The fraction of sp³-hybridized carbons (Fsp3) is 0. The molecular formula is C24H16BrOP. The van der Waals surface area contributed by atoms with Crippen molar-refractivity contribution < 1.29 is 4.42 Å². The third-order valence-corrected chi connectivity index (χ3v) is 7.62. The zero-order chi connectivity index (χ0) is 18.2. The van der Waals surface area contributed by atoms with E-state index < -0.39 is 7.92 Å². The van der Waals surface area contributed by atoms with Gasteiger partial charge in [-0.15, -0.1) is 0 Å². The molecule has 0 aliphatic heterocycles. The Hall–Kier alpha value is -2.41. The molecule has 5 rings (SSSR count). The summed E-state index contributed by atoms with van der Waals surface area (Å²) in [4.78, 5) is 0. The van der Waals surface area contributed by atoms with Crippen molar-refractivity contribution >= 4 is 61.7 Å². The third kappa shape index (κ3) is 3.10. The van der Waals surface area contributed by atoms with Crippen molar-refractivity contribution in [3.8, 4) is 0 Å². The quantitative estimate of drug-likeness (QED) is 0.315. The van der Waals surface area contributed by atoms with E-state index in [4.69, 9.17) is 4.42 Å². The maximum atomic E-state index is 6.04. The van der Waals surface area contributed by atoms with E-state index in [9.17, 15) is 0 Å². The predicted octanol–water partition coefficient (Wildman–Crippen LogP) is 6.11. The second kappa shape index (κ2) is 6.96. The highest BCUT2D eigenvalue weighted by Gasteiger charge is 2.18. The fourth-order valence-corrected chi connectivity index (χ4v) is 6.16. The average molecular weight is 431 g/mol. The minimum atomic E-state index is -0.617. The minimum absolute atomic E-state index is 0.617. The lowest BCUT2D eigenvalue weighted by Gasteiger charge is -2.19. The predicted molar refractivity (Wildman–Crippen MR) is 120 cm³/mol. The first-order valence-corrected chi connectivity index (χ1v) is 11.0. The van der Waals surface area contributed by atoms with Gasteiger partial charge in [0.1, 0.15) is 11.2 Å². The van der Waals surface area contributed by atoms with E-state index in [0.29, 0.717) is 0 Å². The molecule has 0 saturated carbocycles. The molecule has 1 aromatic heterocycles. The minimum Gasteiger partial charge on any atom is -0.456 e. The van der Waals surface area contributed by atoms with Crippen LogP contribution in [0.25, 0.3) is 21.9 Å². The Morgan fingerprint density at radius 2 is 1.11 bits per heavy atom. The van der Waals surface area contributed by atoms with Crippen LogP contribution in [0.5, 0.6) is 0 Å². The first-order valence-electron chi connectivity index (χ1n) is 8.82. The van der Waals surface area contributed by atoms with Crippen LogP contribution in [0.15, 0.2) is 106 Å². The van der Waals surface area contributed by atoms with E-state index in [1.807, 2.05) is 12.1 Å². The van der Waals surface area contributed by atoms with Gasteiger partial charge in [0.15, 0.2) is 0 Å². The van der Waals surface area contributed by atoms with Crippen molar-refractivity contribution in [3.63, 3.8) is 0 Å². The molecule has 0 bridgehead atoms. The van der Waals surface area contributed by atoms with Gasteiger partial charge in [0.2, 0.25) is 0 Å². The van der Waals surface area contributed by atoms with Crippen LogP contribution in [-0.4, -0.2) is 0 Å². The van der Waals surface area contributed by atoms with Crippen molar-refractivity contribution in [3.05, 3.63) is 102 Å². The summed E-state index contributed by atoms with van der Waals surface area (Å²) in [7, 11) is -0.617. The smallest absolute Gasteiger partial charge is 0.135 e. The van der Waals surface area contributed by atoms with Crippen molar-refractivity contribution in [2.24, 2.45) is 0 Å². The number of fused-ring (bicyclic) bond motifs is 3. The molecule has 0 radical (unpaired) electrons. The standard InChI is InChI=1S/C24H16BrOP/c25-17-11-13-23-21(15-17)22-16-20(12-14-24(22)26-23)27(18-7-3-1-4-8-18)19-9-5-2-6-10-19/h1-16H. The van der Waals surface area contributed by atoms with Gasteiger partial charge in [-0.1, -0.05) is 82.7 Å². The zero-order valence-corrected chi connectivity index (χ0v) is 17.0. The van der Waals surface area contributed by atoms with Crippen LogP contribution in [0.1, 0.15) is 0 Å². The lowest BCUT2D eigenvalue weighted by atomic mass is 10.1. The highest BCUT2D eigenvalue weighted by molar-refractivity contribution is 9.10. The summed E-state index contributed by atoms with van der Waals surface area (Å²) in [6.45, 7) is 0. The second-order valence-corrected chi connectivity index (χ2v) is 9.57. The van der Waals surface area contributed by atoms with Gasteiger partial charge in [-0.3, -0.25) is 0 Å². The molecule has 0 atom stereocenters. The Morgan fingerprint density at radius 1 is 0.556 bits per heavy atom. The summed E-state index contributed by atoms with van der Waals surface area (Å²) in [5.41, 5.74) is 1.86. The largest absolute Gasteiger partial charge is 0.456 e. The highest BCUT2D eigenvalue weighted by atomic mass is 79.9. The van der Waals surface area contributed by atoms with Crippen LogP contribution in [-0.2, 0) is 0 Å². The Kier molecular flexibility index (Phi) is 4.32. The third-order valence-electron chi connectivity index (χ3n) is 4.70. The van der Waals surface area contributed by atoms with E-state index in [1.54, 1.807) is 0 Å². The summed E-state index contributed by atoms with van der Waals surface area (Å²) < 4.78 is 7.11. The van der Waals surface area contributed by atoms with E-state index in [0.717, 1.165) is 21.0 Å². The summed E-state index contributed by atoms with van der Waals surface area (Å²) in [6.07, 6.45) is 0. The van der Waals surface area contributed by atoms with Crippen LogP contribution >= 0.6 is 23.9 Å². The Labute approximate surface area is 167 Å². The molecular weight excluding hydrogens is 415 g/mol. The van der Waals surface area contributed by atoms with Crippen molar-refractivity contribution in [2.45, 2.75) is 0 Å². The summed E-state index contributed by atoms with van der Waals surface area (Å²) >= 11 is 3.59. The van der Waals surface area contributed by atoms with E-state index in [2.05, 4.69) is 101 Å². The lowest BCUT2D eigenvalue weighted by molar-refractivity contribution is 0.669. The number of hydrogen-bond donors (Lipinski definition) is 0. The van der Waals surface area contributed by atoms with Gasteiger partial charge in [-0.05, 0) is 54.2 Å². The molecule has 4 aromatic carbocycles. The van der Waals surface area contributed by atoms with Crippen molar-refractivity contribution in [1.29, 1.82) is 0 Å². The Morgan fingerprint density at radius 3 is 1.74 bits per heavy atom. The van der Waals surface area contributed by atoms with Crippen LogP contribution in [0.2, 0.25) is 0 Å². The molecule has 3 heteroatoms. The van der Waals surface area contributed by atoms with Gasteiger partial charge < -0.3 is 4.42 Å². The summed E-state index contributed by atoms with van der Waals surface area (Å²) in [5.74, 6) is 0. The Balaban J connectivity index is 1.75. The number of hydrogen-bond acceptors (Lipinski definition) is 1. The molecule has 0 unspecified atom stereocenters. The molecule has 0 fully saturated rings. The molecule has 0 amide bonds. The van der Waals surface area contributed by atoms with Gasteiger partial charge in [0, 0.05) is 15.2 Å². The molecule has 5 aromatic rings. The fourth-order valence-electron chi connectivity index (χ4n) is 3.48. The van der Waals surface area contributed by atoms with Crippen LogP contribution < -0.4 is 15.9 Å². The molecule has 0 spiro atoms. The van der Waals surface area contributed by atoms with Gasteiger partial charge in [0.05, 0.1) is 0 Å². The van der Waals surface area contributed by atoms with Crippen LogP contribution in [0.3, 0.4) is 0 Å². The van der Waals surface area contributed by atoms with Gasteiger partial charge in [-0.2, -0.15) is 0 Å². The molecule has 1 heterocycles. The molecule has 0 N–H and O–H groups in total. The first-order chi connectivity index (χ1) is 13.3. The number of rotatable bonds is 3. The zero-order valence-electron chi connectivity index (χ0n) is 14.5. The lowest BCUT2D eigenvalue weighted by Crippen LogP contribution is -2.20. The summed E-state index contributed by atoms with van der Waals surface area (Å²) in [6, 6.07) is 34.4. The van der Waals surface area contributed by atoms with Crippen LogP contribution in [0, 0.1) is 0 Å². The molecule has 1 nitrogen and oxygen atoms in total. The number of halogens is 1. The second-order valence-electron chi connectivity index (χ2n) is 6.43. The normalized spacial score (nSPS) is 11.5. The molecule has 0 aliphatic carbocycles. The monoisotopic (exact) mass is 430 g/mol. The topological polar surface area (TPSA) is 13.1 Å². The van der Waals surface area contributed by atoms with E-state index in [1.165, 1.54) is 21.3 Å². The average Bonchev–Trinajstić information content (AvgIpc) is 3.07. The summed E-state index contributed by atoms with van der Waals surface area (Å²) in [5, 5.41) is 6.36. The number of furan rings is 1. The number of benzene rings is 4. The molecule has 27 heavy (non-hydrogen) atoms. The van der Waals surface area contributed by atoms with Gasteiger partial charge in [-0.25, -0.2) is 0 Å². The molecule has 0 saturated heterocycles. The van der Waals surface area contributed by atoms with Gasteiger partial charge in [0.25, 0.3) is 0 Å². The van der Waals surface area contributed by atoms with Crippen LogP contribution in [0.4, 0.5) is 0 Å². The SMILES string of the molecule is Brc1ccc2oc3ccc(P(c4ccccc4)c4ccccc4)cc3c2c1. The first kappa shape index (κ1) is 16.7. The maximum Gasteiger partial charge on any atom is 0.135 e. The van der Waals surface area contributed by atoms with Crippen molar-refractivity contribution in [2.75, 3.05) is 0 Å².